The van der Waals surface area contributed by atoms with Gasteiger partial charge < -0.3 is 10.6 Å². The van der Waals surface area contributed by atoms with Gasteiger partial charge in [0.15, 0.2) is 0 Å². The zero-order valence-electron chi connectivity index (χ0n) is 8.89. The number of amides is 2. The predicted octanol–water partition coefficient (Wildman–Crippen LogP) is -1.30. The quantitative estimate of drug-likeness (QED) is 0.200. The van der Waals surface area contributed by atoms with Gasteiger partial charge in [-0.05, 0) is 13.8 Å². The van der Waals surface area contributed by atoms with Gasteiger partial charge in [0.2, 0.25) is 11.8 Å². The van der Waals surface area contributed by atoms with E-state index in [9.17, 15) is 9.59 Å². The fraction of sp³-hybridized carbons (Fsp3) is 0.750. The Morgan fingerprint density at radius 3 is 2.27 bits per heavy atom. The lowest BCUT2D eigenvalue weighted by atomic mass is 10.2. The Balaban J connectivity index is 3.55. The SMILES string of the molecule is CC(C)(Cl)C(=O)NCCNC(=O)CNN. The maximum atomic E-state index is 11.2. The molecular formula is C8H17ClN4O2. The van der Waals surface area contributed by atoms with Gasteiger partial charge in [-0.1, -0.05) is 0 Å². The van der Waals surface area contributed by atoms with Crippen molar-refractivity contribution in [2.75, 3.05) is 19.6 Å². The summed E-state index contributed by atoms with van der Waals surface area (Å²) < 4.78 is 0. The largest absolute Gasteiger partial charge is 0.353 e. The van der Waals surface area contributed by atoms with Crippen molar-refractivity contribution in [2.45, 2.75) is 18.7 Å². The Kier molecular flexibility index (Phi) is 6.23. The van der Waals surface area contributed by atoms with Crippen LogP contribution in [0.25, 0.3) is 0 Å². The minimum absolute atomic E-state index is 0.0505. The van der Waals surface area contributed by atoms with E-state index in [0.29, 0.717) is 13.1 Å². The normalized spacial score (nSPS) is 10.9. The number of alkyl halides is 1. The van der Waals surface area contributed by atoms with Crippen molar-refractivity contribution in [3.63, 3.8) is 0 Å². The van der Waals surface area contributed by atoms with Crippen LogP contribution in [0.4, 0.5) is 0 Å². The Morgan fingerprint density at radius 1 is 1.27 bits per heavy atom. The summed E-state index contributed by atoms with van der Waals surface area (Å²) in [4.78, 5) is 21.2. The molecule has 0 aromatic heterocycles. The van der Waals surface area contributed by atoms with Crippen LogP contribution in [-0.2, 0) is 9.59 Å². The number of hydrazine groups is 1. The summed E-state index contributed by atoms with van der Waals surface area (Å²) in [6.45, 7) is 3.93. The summed E-state index contributed by atoms with van der Waals surface area (Å²) >= 11 is 5.75. The molecule has 0 aliphatic heterocycles. The number of hydrogen-bond donors (Lipinski definition) is 4. The van der Waals surface area contributed by atoms with Crippen LogP contribution in [0.3, 0.4) is 0 Å². The van der Waals surface area contributed by atoms with Gasteiger partial charge >= 0.3 is 0 Å². The summed E-state index contributed by atoms with van der Waals surface area (Å²) in [7, 11) is 0. The number of rotatable bonds is 6. The average molecular weight is 237 g/mol. The fourth-order valence-electron chi connectivity index (χ4n) is 0.743. The molecule has 0 aromatic carbocycles. The molecule has 0 aliphatic carbocycles. The number of halogens is 1. The molecule has 5 N–H and O–H groups in total. The van der Waals surface area contributed by atoms with Crippen molar-refractivity contribution in [3.05, 3.63) is 0 Å². The van der Waals surface area contributed by atoms with Gasteiger partial charge in [-0.2, -0.15) is 0 Å². The van der Waals surface area contributed by atoms with Crippen molar-refractivity contribution in [1.29, 1.82) is 0 Å². The molecule has 2 amide bonds. The molecule has 0 saturated carbocycles. The Labute approximate surface area is 93.9 Å². The molecule has 0 bridgehead atoms. The van der Waals surface area contributed by atoms with E-state index >= 15 is 0 Å². The maximum Gasteiger partial charge on any atom is 0.240 e. The zero-order chi connectivity index (χ0) is 11.9. The standard InChI is InChI=1S/C8H17ClN4O2/c1-8(2,9)7(15)12-4-3-11-6(14)5-13-10/h13H,3-5,10H2,1-2H3,(H,11,14)(H,12,15). The third-order valence-corrected chi connectivity index (χ3v) is 1.71. The molecule has 0 fully saturated rings. The molecule has 0 saturated heterocycles. The molecule has 0 aromatic rings. The van der Waals surface area contributed by atoms with Gasteiger partial charge in [0.05, 0.1) is 6.54 Å². The first-order chi connectivity index (χ1) is 6.88. The van der Waals surface area contributed by atoms with E-state index in [1.54, 1.807) is 13.8 Å². The van der Waals surface area contributed by atoms with Gasteiger partial charge in [-0.15, -0.1) is 11.6 Å². The summed E-state index contributed by atoms with van der Waals surface area (Å²) in [5, 5.41) is 5.13. The Bertz CT molecular complexity index is 227. The highest BCUT2D eigenvalue weighted by Crippen LogP contribution is 2.11. The van der Waals surface area contributed by atoms with Crippen molar-refractivity contribution in [3.8, 4) is 0 Å². The van der Waals surface area contributed by atoms with Gasteiger partial charge in [0, 0.05) is 13.1 Å². The van der Waals surface area contributed by atoms with Gasteiger partial charge in [0.1, 0.15) is 4.87 Å². The molecule has 0 unspecified atom stereocenters. The highest BCUT2D eigenvalue weighted by molar-refractivity contribution is 6.34. The summed E-state index contributed by atoms with van der Waals surface area (Å²) in [6.07, 6.45) is 0. The Morgan fingerprint density at radius 2 is 1.80 bits per heavy atom. The molecule has 0 rings (SSSR count). The van der Waals surface area contributed by atoms with E-state index < -0.39 is 4.87 Å². The van der Waals surface area contributed by atoms with Gasteiger partial charge in [-0.3, -0.25) is 20.9 Å². The second-order valence-corrected chi connectivity index (χ2v) is 4.40. The number of hydrogen-bond acceptors (Lipinski definition) is 4. The number of carbonyl (C=O) groups excluding carboxylic acids is 2. The molecule has 88 valence electrons. The van der Waals surface area contributed by atoms with Crippen LogP contribution in [0.1, 0.15) is 13.8 Å². The maximum absolute atomic E-state index is 11.2. The number of nitrogens with one attached hydrogen (secondary N) is 3. The zero-order valence-corrected chi connectivity index (χ0v) is 9.65. The average Bonchev–Trinajstić information content (AvgIpc) is 2.11. The first-order valence-corrected chi connectivity index (χ1v) is 4.93. The number of carbonyl (C=O) groups is 2. The van der Waals surface area contributed by atoms with E-state index in [2.05, 4.69) is 16.1 Å². The third kappa shape index (κ3) is 7.12. The summed E-state index contributed by atoms with van der Waals surface area (Å²) in [5.41, 5.74) is 2.22. The predicted molar refractivity (Wildman–Crippen MR) is 58.1 cm³/mol. The van der Waals surface area contributed by atoms with E-state index in [1.807, 2.05) is 0 Å². The van der Waals surface area contributed by atoms with E-state index in [0.717, 1.165) is 0 Å². The first-order valence-electron chi connectivity index (χ1n) is 4.55. The van der Waals surface area contributed by atoms with E-state index in [1.165, 1.54) is 0 Å². The molecule has 0 radical (unpaired) electrons. The molecule has 0 aliphatic rings. The minimum atomic E-state index is -0.928. The molecular weight excluding hydrogens is 220 g/mol. The van der Waals surface area contributed by atoms with E-state index in [4.69, 9.17) is 17.4 Å². The lowest BCUT2D eigenvalue weighted by molar-refractivity contribution is -0.123. The lowest BCUT2D eigenvalue weighted by Gasteiger charge is -2.15. The second kappa shape index (κ2) is 6.60. The highest BCUT2D eigenvalue weighted by Gasteiger charge is 2.23. The smallest absolute Gasteiger partial charge is 0.240 e. The summed E-state index contributed by atoms with van der Waals surface area (Å²) in [5.74, 6) is 4.45. The van der Waals surface area contributed by atoms with Crippen molar-refractivity contribution in [2.24, 2.45) is 5.84 Å². The summed E-state index contributed by atoms with van der Waals surface area (Å²) in [6, 6.07) is 0. The Hall–Kier alpha value is -0.850. The first kappa shape index (κ1) is 14.2. The lowest BCUT2D eigenvalue weighted by Crippen LogP contribution is -2.43. The van der Waals surface area contributed by atoms with Gasteiger partial charge in [-0.25, -0.2) is 0 Å². The molecule has 6 nitrogen and oxygen atoms in total. The molecule has 0 spiro atoms. The third-order valence-electron chi connectivity index (χ3n) is 1.54. The van der Waals surface area contributed by atoms with Crippen LogP contribution in [0.2, 0.25) is 0 Å². The monoisotopic (exact) mass is 236 g/mol. The van der Waals surface area contributed by atoms with Crippen LogP contribution in [-0.4, -0.2) is 36.3 Å². The topological polar surface area (TPSA) is 96.2 Å². The van der Waals surface area contributed by atoms with Crippen LogP contribution in [0.5, 0.6) is 0 Å². The van der Waals surface area contributed by atoms with E-state index in [-0.39, 0.29) is 18.4 Å². The van der Waals surface area contributed by atoms with Crippen molar-refractivity contribution >= 4 is 23.4 Å². The van der Waals surface area contributed by atoms with Crippen LogP contribution in [0.15, 0.2) is 0 Å². The van der Waals surface area contributed by atoms with Crippen LogP contribution >= 0.6 is 11.6 Å². The molecule has 0 heterocycles. The fourth-order valence-corrected chi connectivity index (χ4v) is 0.810. The molecule has 0 atom stereocenters. The molecule has 7 heteroatoms. The van der Waals surface area contributed by atoms with Crippen molar-refractivity contribution in [1.82, 2.24) is 16.1 Å². The minimum Gasteiger partial charge on any atom is -0.353 e. The number of nitrogens with two attached hydrogens (primary N) is 1. The van der Waals surface area contributed by atoms with Crippen molar-refractivity contribution < 1.29 is 9.59 Å². The highest BCUT2D eigenvalue weighted by atomic mass is 35.5. The van der Waals surface area contributed by atoms with Crippen LogP contribution in [0, 0.1) is 0 Å². The second-order valence-electron chi connectivity index (χ2n) is 3.46. The van der Waals surface area contributed by atoms with Crippen LogP contribution < -0.4 is 21.9 Å². The van der Waals surface area contributed by atoms with Gasteiger partial charge in [0.25, 0.3) is 0 Å². The molecule has 15 heavy (non-hydrogen) atoms.